The Bertz CT molecular complexity index is 437. The molecule has 0 amide bonds. The highest BCUT2D eigenvalue weighted by Gasteiger charge is 2.42. The van der Waals surface area contributed by atoms with Crippen molar-refractivity contribution in [3.05, 3.63) is 24.0 Å². The van der Waals surface area contributed by atoms with Crippen molar-refractivity contribution in [2.24, 2.45) is 0 Å². The van der Waals surface area contributed by atoms with Crippen molar-refractivity contribution in [1.29, 1.82) is 0 Å². The monoisotopic (exact) mass is 265 g/mol. The van der Waals surface area contributed by atoms with E-state index in [1.807, 2.05) is 0 Å². The number of para-hydroxylation sites is 1. The van der Waals surface area contributed by atoms with Gasteiger partial charge in [0, 0.05) is 0 Å². The normalized spacial score (nSPS) is 25.0. The summed E-state index contributed by atoms with van der Waals surface area (Å²) in [5.41, 5.74) is 6.15. The van der Waals surface area contributed by atoms with Crippen LogP contribution in [0.25, 0.3) is 0 Å². The molecule has 3 rings (SSSR count). The number of anilines is 1. The van der Waals surface area contributed by atoms with Crippen molar-refractivity contribution in [3.63, 3.8) is 0 Å². The van der Waals surface area contributed by atoms with Crippen LogP contribution in [0.3, 0.4) is 0 Å². The molecular formula is C15H20FNO2. The van der Waals surface area contributed by atoms with Crippen molar-refractivity contribution in [2.45, 2.75) is 50.2 Å². The van der Waals surface area contributed by atoms with E-state index >= 15 is 0 Å². The molecule has 19 heavy (non-hydrogen) atoms. The number of hydrogen-bond acceptors (Lipinski definition) is 3. The minimum Gasteiger partial charge on any atom is -0.486 e. The van der Waals surface area contributed by atoms with Gasteiger partial charge in [-0.05, 0) is 37.8 Å². The number of rotatable bonds is 3. The third-order valence-electron chi connectivity index (χ3n) is 4.26. The number of halogens is 1. The molecule has 1 saturated heterocycles. The van der Waals surface area contributed by atoms with Crippen molar-refractivity contribution >= 4 is 5.69 Å². The Labute approximate surface area is 112 Å². The summed E-state index contributed by atoms with van der Waals surface area (Å²) in [6.45, 7) is 0.382. The lowest BCUT2D eigenvalue weighted by atomic mass is 9.98. The van der Waals surface area contributed by atoms with E-state index in [1.165, 1.54) is 18.9 Å². The minimum absolute atomic E-state index is 0.0668. The largest absolute Gasteiger partial charge is 0.486 e. The Balaban J connectivity index is 1.59. The van der Waals surface area contributed by atoms with Crippen molar-refractivity contribution in [2.75, 3.05) is 12.3 Å². The SMILES string of the molecule is Nc1cccc(F)c1OCC1CCC2(CCCC2)O1. The second-order valence-corrected chi connectivity index (χ2v) is 5.64. The first-order valence-corrected chi connectivity index (χ1v) is 7.03. The number of ether oxygens (including phenoxy) is 2. The minimum atomic E-state index is -0.409. The van der Waals surface area contributed by atoms with E-state index in [0.717, 1.165) is 25.7 Å². The van der Waals surface area contributed by atoms with Crippen LogP contribution < -0.4 is 10.5 Å². The summed E-state index contributed by atoms with van der Waals surface area (Å²) in [6, 6.07) is 4.59. The Kier molecular flexibility index (Phi) is 3.35. The van der Waals surface area contributed by atoms with Crippen LogP contribution in [0.15, 0.2) is 18.2 Å². The van der Waals surface area contributed by atoms with Crippen LogP contribution in [0, 0.1) is 5.82 Å². The van der Waals surface area contributed by atoms with E-state index in [0.29, 0.717) is 12.3 Å². The fraction of sp³-hybridized carbons (Fsp3) is 0.600. The average molecular weight is 265 g/mol. The molecule has 1 aliphatic heterocycles. The van der Waals surface area contributed by atoms with Gasteiger partial charge in [-0.2, -0.15) is 0 Å². The fourth-order valence-corrected chi connectivity index (χ4v) is 3.25. The first-order chi connectivity index (χ1) is 9.19. The maximum Gasteiger partial charge on any atom is 0.177 e. The zero-order valence-corrected chi connectivity index (χ0v) is 11.0. The van der Waals surface area contributed by atoms with Crippen LogP contribution in [-0.4, -0.2) is 18.3 Å². The maximum atomic E-state index is 13.6. The first-order valence-electron chi connectivity index (χ1n) is 7.03. The summed E-state index contributed by atoms with van der Waals surface area (Å²) < 4.78 is 25.2. The Morgan fingerprint density at radius 2 is 2.11 bits per heavy atom. The van der Waals surface area contributed by atoms with E-state index in [-0.39, 0.29) is 17.5 Å². The summed E-state index contributed by atoms with van der Waals surface area (Å²) in [5.74, 6) is -0.257. The molecule has 3 nitrogen and oxygen atoms in total. The van der Waals surface area contributed by atoms with Gasteiger partial charge in [-0.15, -0.1) is 0 Å². The van der Waals surface area contributed by atoms with Crippen LogP contribution in [0.5, 0.6) is 5.75 Å². The van der Waals surface area contributed by atoms with Gasteiger partial charge in [-0.25, -0.2) is 4.39 Å². The van der Waals surface area contributed by atoms with Gasteiger partial charge in [0.2, 0.25) is 0 Å². The molecule has 0 radical (unpaired) electrons. The lowest BCUT2D eigenvalue weighted by molar-refractivity contribution is -0.0511. The first kappa shape index (κ1) is 12.7. The van der Waals surface area contributed by atoms with Gasteiger partial charge < -0.3 is 15.2 Å². The van der Waals surface area contributed by atoms with Gasteiger partial charge in [0.1, 0.15) is 6.61 Å². The highest BCUT2D eigenvalue weighted by molar-refractivity contribution is 5.52. The summed E-state index contributed by atoms with van der Waals surface area (Å²) in [7, 11) is 0. The molecule has 1 aliphatic carbocycles. The number of benzene rings is 1. The molecule has 1 aromatic rings. The van der Waals surface area contributed by atoms with Crippen LogP contribution in [-0.2, 0) is 4.74 Å². The Hall–Kier alpha value is -1.29. The van der Waals surface area contributed by atoms with Crippen molar-refractivity contribution < 1.29 is 13.9 Å². The zero-order valence-electron chi connectivity index (χ0n) is 11.0. The molecule has 0 bridgehead atoms. The molecule has 1 aromatic carbocycles. The molecule has 2 fully saturated rings. The quantitative estimate of drug-likeness (QED) is 0.853. The average Bonchev–Trinajstić information content (AvgIpc) is 3.00. The molecule has 1 saturated carbocycles. The predicted molar refractivity (Wildman–Crippen MR) is 71.6 cm³/mol. The number of hydrogen-bond donors (Lipinski definition) is 1. The molecule has 1 spiro atoms. The zero-order chi connectivity index (χ0) is 13.3. The van der Waals surface area contributed by atoms with E-state index < -0.39 is 5.82 Å². The maximum absolute atomic E-state index is 13.6. The summed E-state index contributed by atoms with van der Waals surface area (Å²) in [4.78, 5) is 0. The third-order valence-corrected chi connectivity index (χ3v) is 4.26. The highest BCUT2D eigenvalue weighted by atomic mass is 19.1. The Morgan fingerprint density at radius 3 is 2.84 bits per heavy atom. The second kappa shape index (κ2) is 5.00. The topological polar surface area (TPSA) is 44.5 Å². The molecule has 104 valence electrons. The summed E-state index contributed by atoms with van der Waals surface area (Å²) in [6.07, 6.45) is 7.00. The molecule has 1 atom stereocenters. The van der Waals surface area contributed by atoms with Crippen molar-refractivity contribution in [3.8, 4) is 5.75 Å². The van der Waals surface area contributed by atoms with Crippen LogP contribution >= 0.6 is 0 Å². The smallest absolute Gasteiger partial charge is 0.177 e. The molecule has 4 heteroatoms. The molecular weight excluding hydrogens is 245 g/mol. The van der Waals surface area contributed by atoms with Gasteiger partial charge in [0.25, 0.3) is 0 Å². The molecule has 1 heterocycles. The number of nitrogens with two attached hydrogens (primary N) is 1. The van der Waals surface area contributed by atoms with E-state index in [9.17, 15) is 4.39 Å². The highest BCUT2D eigenvalue weighted by Crippen LogP contribution is 2.43. The van der Waals surface area contributed by atoms with Crippen LogP contribution in [0.4, 0.5) is 10.1 Å². The van der Waals surface area contributed by atoms with Gasteiger partial charge in [-0.1, -0.05) is 18.9 Å². The van der Waals surface area contributed by atoms with Gasteiger partial charge in [0.15, 0.2) is 11.6 Å². The van der Waals surface area contributed by atoms with Crippen LogP contribution in [0.1, 0.15) is 38.5 Å². The fourth-order valence-electron chi connectivity index (χ4n) is 3.25. The lowest BCUT2D eigenvalue weighted by Crippen LogP contribution is -2.27. The van der Waals surface area contributed by atoms with Crippen LogP contribution in [0.2, 0.25) is 0 Å². The van der Waals surface area contributed by atoms with E-state index in [2.05, 4.69) is 0 Å². The summed E-state index contributed by atoms with van der Waals surface area (Å²) >= 11 is 0. The van der Waals surface area contributed by atoms with Gasteiger partial charge in [-0.3, -0.25) is 0 Å². The summed E-state index contributed by atoms with van der Waals surface area (Å²) in [5, 5.41) is 0. The second-order valence-electron chi connectivity index (χ2n) is 5.64. The molecule has 0 aromatic heterocycles. The standard InChI is InChI=1S/C15H20FNO2/c16-12-4-3-5-13(17)14(12)18-10-11-6-9-15(19-11)7-1-2-8-15/h3-5,11H,1-2,6-10,17H2. The Morgan fingerprint density at radius 1 is 1.32 bits per heavy atom. The predicted octanol–water partition coefficient (Wildman–Crippen LogP) is 3.28. The lowest BCUT2D eigenvalue weighted by Gasteiger charge is -2.24. The van der Waals surface area contributed by atoms with E-state index in [1.54, 1.807) is 12.1 Å². The molecule has 2 aliphatic rings. The van der Waals surface area contributed by atoms with Crippen molar-refractivity contribution in [1.82, 2.24) is 0 Å². The third kappa shape index (κ3) is 2.54. The van der Waals surface area contributed by atoms with Gasteiger partial charge >= 0.3 is 0 Å². The van der Waals surface area contributed by atoms with E-state index in [4.69, 9.17) is 15.2 Å². The number of nitrogen functional groups attached to an aromatic ring is 1. The van der Waals surface area contributed by atoms with Gasteiger partial charge in [0.05, 0.1) is 17.4 Å². The molecule has 1 unspecified atom stereocenters. The molecule has 2 N–H and O–H groups in total.